The molecule has 4 rings (SSSR count). The molecule has 0 aliphatic carbocycles. The van der Waals surface area contributed by atoms with Crippen molar-refractivity contribution in [2.75, 3.05) is 38.2 Å². The van der Waals surface area contributed by atoms with Gasteiger partial charge in [0.1, 0.15) is 23.7 Å². The first-order valence-corrected chi connectivity index (χ1v) is 10.9. The molecule has 2 aliphatic rings. The second-order valence-electron chi connectivity index (χ2n) is 8.56. The number of rotatable bonds is 7. The molecule has 0 saturated carbocycles. The third-order valence-electron chi connectivity index (χ3n) is 6.31. The number of urea groups is 1. The van der Waals surface area contributed by atoms with Crippen molar-refractivity contribution in [3.63, 3.8) is 0 Å². The predicted octanol–water partition coefficient (Wildman–Crippen LogP) is 2.24. The fourth-order valence-electron chi connectivity index (χ4n) is 4.30. The van der Waals surface area contributed by atoms with Gasteiger partial charge in [0.15, 0.2) is 0 Å². The highest BCUT2D eigenvalue weighted by molar-refractivity contribution is 6.09. The molecule has 4 amide bonds. The van der Waals surface area contributed by atoms with E-state index in [0.717, 1.165) is 30.1 Å². The minimum atomic E-state index is -1.25. The first kappa shape index (κ1) is 22.6. The zero-order valence-corrected chi connectivity index (χ0v) is 18.6. The Hall–Kier alpha value is -3.62. The lowest BCUT2D eigenvalue weighted by atomic mass is 9.92. The number of carbonyl (C=O) groups is 3. The van der Waals surface area contributed by atoms with Crippen molar-refractivity contribution >= 4 is 23.5 Å². The number of hydrogen-bond acceptors (Lipinski definition) is 5. The van der Waals surface area contributed by atoms with Crippen molar-refractivity contribution in [1.82, 2.24) is 15.5 Å². The van der Waals surface area contributed by atoms with E-state index >= 15 is 0 Å². The molecule has 2 aromatic carbocycles. The van der Waals surface area contributed by atoms with E-state index in [9.17, 15) is 18.8 Å². The molecule has 8 nitrogen and oxygen atoms in total. The number of nitrogens with one attached hydrogen (secondary N) is 2. The number of imide groups is 1. The highest BCUT2D eigenvalue weighted by Crippen LogP contribution is 2.30. The van der Waals surface area contributed by atoms with E-state index < -0.39 is 23.4 Å². The molecule has 174 valence electrons. The summed E-state index contributed by atoms with van der Waals surface area (Å²) in [5.74, 6) is -0.272. The van der Waals surface area contributed by atoms with Crippen LogP contribution in [0.1, 0.15) is 18.9 Å². The van der Waals surface area contributed by atoms with Gasteiger partial charge in [0.05, 0.1) is 7.11 Å². The summed E-state index contributed by atoms with van der Waals surface area (Å²) in [6.07, 6.45) is 0.885. The molecule has 2 N–H and O–H groups in total. The van der Waals surface area contributed by atoms with Crippen molar-refractivity contribution in [3.05, 3.63) is 59.9 Å². The monoisotopic (exact) mass is 454 g/mol. The second kappa shape index (κ2) is 9.09. The van der Waals surface area contributed by atoms with E-state index in [2.05, 4.69) is 15.5 Å². The highest BCUT2D eigenvalue weighted by Gasteiger charge is 2.49. The van der Waals surface area contributed by atoms with Crippen LogP contribution in [0.4, 0.5) is 14.9 Å². The quantitative estimate of drug-likeness (QED) is 0.627. The number of anilines is 1. The molecule has 0 aromatic heterocycles. The van der Waals surface area contributed by atoms with Crippen LogP contribution >= 0.6 is 0 Å². The molecular formula is C24H27FN4O4. The SMILES string of the molecule is COc1ccc(C2(C)NC(=O)N(CC(=O)NCC3CCN(c4ccc(F)cc4)C3)C2=O)cc1. The van der Waals surface area contributed by atoms with Crippen LogP contribution in [0.2, 0.25) is 0 Å². The maximum atomic E-state index is 13.1. The maximum Gasteiger partial charge on any atom is 0.325 e. The Morgan fingerprint density at radius 2 is 1.88 bits per heavy atom. The smallest absolute Gasteiger partial charge is 0.325 e. The van der Waals surface area contributed by atoms with Gasteiger partial charge in [0, 0.05) is 25.3 Å². The number of ether oxygens (including phenoxy) is 1. The van der Waals surface area contributed by atoms with Crippen molar-refractivity contribution in [1.29, 1.82) is 0 Å². The number of hydrogen-bond donors (Lipinski definition) is 2. The average molecular weight is 455 g/mol. The van der Waals surface area contributed by atoms with Crippen LogP contribution in [0.25, 0.3) is 0 Å². The van der Waals surface area contributed by atoms with Gasteiger partial charge in [-0.25, -0.2) is 9.18 Å². The third-order valence-corrected chi connectivity index (χ3v) is 6.31. The molecule has 2 aromatic rings. The molecule has 2 atom stereocenters. The van der Waals surface area contributed by atoms with Gasteiger partial charge < -0.3 is 20.3 Å². The van der Waals surface area contributed by atoms with Crippen molar-refractivity contribution in [2.24, 2.45) is 5.92 Å². The molecular weight excluding hydrogens is 427 g/mol. The van der Waals surface area contributed by atoms with Gasteiger partial charge >= 0.3 is 6.03 Å². The third kappa shape index (κ3) is 4.62. The van der Waals surface area contributed by atoms with E-state index in [-0.39, 0.29) is 18.3 Å². The molecule has 9 heteroatoms. The normalized spacial score (nSPS) is 22.5. The van der Waals surface area contributed by atoms with Gasteiger partial charge in [-0.15, -0.1) is 0 Å². The van der Waals surface area contributed by atoms with Crippen LogP contribution in [0.5, 0.6) is 5.75 Å². The fraction of sp³-hybridized carbons (Fsp3) is 0.375. The van der Waals surface area contributed by atoms with Crippen LogP contribution in [0.15, 0.2) is 48.5 Å². The Balaban J connectivity index is 1.30. The second-order valence-corrected chi connectivity index (χ2v) is 8.56. The summed E-state index contributed by atoms with van der Waals surface area (Å²) in [4.78, 5) is 41.1. The Labute approximate surface area is 191 Å². The van der Waals surface area contributed by atoms with Gasteiger partial charge in [-0.3, -0.25) is 14.5 Å². The largest absolute Gasteiger partial charge is 0.497 e. The topological polar surface area (TPSA) is 91.0 Å². The number of amides is 4. The molecule has 0 bridgehead atoms. The summed E-state index contributed by atoms with van der Waals surface area (Å²) >= 11 is 0. The molecule has 0 spiro atoms. The minimum absolute atomic E-state index is 0.228. The van der Waals surface area contributed by atoms with Crippen LogP contribution in [0.3, 0.4) is 0 Å². The van der Waals surface area contributed by atoms with E-state index in [0.29, 0.717) is 17.9 Å². The van der Waals surface area contributed by atoms with E-state index in [1.165, 1.54) is 12.1 Å². The lowest BCUT2D eigenvalue weighted by molar-refractivity contribution is -0.134. The fourth-order valence-corrected chi connectivity index (χ4v) is 4.30. The molecule has 2 unspecified atom stereocenters. The van der Waals surface area contributed by atoms with Crippen molar-refractivity contribution in [3.8, 4) is 5.75 Å². The van der Waals surface area contributed by atoms with Crippen molar-refractivity contribution < 1.29 is 23.5 Å². The van der Waals surface area contributed by atoms with E-state index in [1.54, 1.807) is 50.4 Å². The van der Waals surface area contributed by atoms with Gasteiger partial charge in [0.2, 0.25) is 5.91 Å². The van der Waals surface area contributed by atoms with E-state index in [4.69, 9.17) is 4.74 Å². The molecule has 2 aliphatic heterocycles. The number of methoxy groups -OCH3 is 1. The predicted molar refractivity (Wildman–Crippen MR) is 120 cm³/mol. The summed E-state index contributed by atoms with van der Waals surface area (Å²) in [7, 11) is 1.55. The summed E-state index contributed by atoms with van der Waals surface area (Å²) in [6, 6.07) is 12.6. The first-order chi connectivity index (χ1) is 15.8. The van der Waals surface area contributed by atoms with Crippen LogP contribution in [-0.4, -0.2) is 56.0 Å². The molecule has 2 heterocycles. The van der Waals surface area contributed by atoms with Gasteiger partial charge in [0.25, 0.3) is 5.91 Å². The zero-order chi connectivity index (χ0) is 23.6. The Bertz CT molecular complexity index is 1040. The Kier molecular flexibility index (Phi) is 6.22. The van der Waals surface area contributed by atoms with Crippen molar-refractivity contribution in [2.45, 2.75) is 18.9 Å². The standard InChI is InChI=1S/C24H27FN4O4/c1-24(17-3-9-20(33-2)10-4-17)22(31)29(23(32)27-24)15-21(30)26-13-16-11-12-28(14-16)19-7-5-18(25)6-8-19/h3-10,16H,11-15H2,1-2H3,(H,26,30)(H,27,32). The number of benzene rings is 2. The van der Waals surface area contributed by atoms with E-state index in [1.807, 2.05) is 0 Å². The Morgan fingerprint density at radius 3 is 2.55 bits per heavy atom. The van der Waals surface area contributed by atoms with Gasteiger partial charge in [-0.2, -0.15) is 0 Å². The number of halogens is 1. The molecule has 33 heavy (non-hydrogen) atoms. The summed E-state index contributed by atoms with van der Waals surface area (Å²) in [6.45, 7) is 3.28. The molecule has 2 fully saturated rings. The van der Waals surface area contributed by atoms with Crippen LogP contribution < -0.4 is 20.3 Å². The van der Waals surface area contributed by atoms with Gasteiger partial charge in [-0.1, -0.05) is 12.1 Å². The lowest BCUT2D eigenvalue weighted by Crippen LogP contribution is -2.44. The number of carbonyl (C=O) groups excluding carboxylic acids is 3. The molecule has 2 saturated heterocycles. The molecule has 0 radical (unpaired) electrons. The maximum absolute atomic E-state index is 13.1. The summed E-state index contributed by atoms with van der Waals surface area (Å²) < 4.78 is 18.3. The van der Waals surface area contributed by atoms with Crippen LogP contribution in [-0.2, 0) is 15.1 Å². The summed E-state index contributed by atoms with van der Waals surface area (Å²) in [5.41, 5.74) is 0.309. The lowest BCUT2D eigenvalue weighted by Gasteiger charge is -2.22. The minimum Gasteiger partial charge on any atom is -0.497 e. The summed E-state index contributed by atoms with van der Waals surface area (Å²) in [5, 5.41) is 5.54. The zero-order valence-electron chi connectivity index (χ0n) is 18.6. The first-order valence-electron chi connectivity index (χ1n) is 10.9. The van der Waals surface area contributed by atoms with Crippen LogP contribution in [0, 0.1) is 11.7 Å². The number of nitrogens with zero attached hydrogens (tertiary/aromatic N) is 2. The Morgan fingerprint density at radius 1 is 1.18 bits per heavy atom. The average Bonchev–Trinajstić information content (AvgIpc) is 3.37. The van der Waals surface area contributed by atoms with Gasteiger partial charge in [-0.05, 0) is 61.2 Å². The highest BCUT2D eigenvalue weighted by atomic mass is 19.1.